The van der Waals surface area contributed by atoms with Crippen LogP contribution in [0.25, 0.3) is 21.3 Å². The van der Waals surface area contributed by atoms with Gasteiger partial charge in [-0.3, -0.25) is 48.2 Å². The molecule has 3 aromatic heterocycles. The minimum absolute atomic E-state index is 0.0432. The van der Waals surface area contributed by atoms with Gasteiger partial charge in [-0.1, -0.05) is 94.0 Å². The average molecular weight is 1460 g/mol. The number of hydrogen-bond acceptors (Lipinski definition) is 18. The van der Waals surface area contributed by atoms with Crippen LogP contribution >= 0.6 is 11.3 Å². The van der Waals surface area contributed by atoms with Gasteiger partial charge in [0.25, 0.3) is 27.8 Å². The number of carboxylic acid groups (broad SMARTS) is 1. The Hall–Kier alpha value is -9.25. The van der Waals surface area contributed by atoms with E-state index >= 15 is 0 Å². The number of unbranched alkanes of at least 4 members (excludes halogenated alkanes) is 2. The number of nitrogens with two attached hydrogens (primary N) is 1. The van der Waals surface area contributed by atoms with Crippen molar-refractivity contribution in [2.45, 2.75) is 169 Å². The second-order valence-electron chi connectivity index (χ2n) is 30.1. The molecule has 2 unspecified atom stereocenters. The maximum atomic E-state index is 14.0. The van der Waals surface area contributed by atoms with E-state index in [0.29, 0.717) is 96.9 Å². The van der Waals surface area contributed by atoms with Gasteiger partial charge in [-0.25, -0.2) is 24.4 Å². The molecule has 6 aromatic rings. The van der Waals surface area contributed by atoms with Crippen LogP contribution in [0.4, 0.5) is 20.5 Å². The summed E-state index contributed by atoms with van der Waals surface area (Å²) in [5, 5.41) is 24.6. The molecule has 7 N–H and O–H groups in total. The van der Waals surface area contributed by atoms with Gasteiger partial charge in [-0.15, -0.1) is 0 Å². The number of hydrogen-bond donors (Lipinski definition) is 6. The van der Waals surface area contributed by atoms with E-state index in [2.05, 4.69) is 34.8 Å². The number of carboxylic acids is 1. The van der Waals surface area contributed by atoms with Crippen LogP contribution in [0.15, 0.2) is 97.2 Å². The fourth-order valence-electron chi connectivity index (χ4n) is 17.4. The van der Waals surface area contributed by atoms with Gasteiger partial charge in [0.05, 0.1) is 40.4 Å². The number of Topliss-reactive ketones (excluding diaryl/α,β-unsaturated/α-hetero) is 2. The molecule has 4 aliphatic carbocycles. The Morgan fingerprint density at radius 3 is 2.25 bits per heavy atom. The number of imide groups is 1. The molecule has 0 spiro atoms. The molecular weight excluding hydrogens is 1370 g/mol. The molecule has 2 aliphatic heterocycles. The van der Waals surface area contributed by atoms with E-state index in [-0.39, 0.29) is 129 Å². The van der Waals surface area contributed by atoms with Crippen molar-refractivity contribution < 1.29 is 70.7 Å². The van der Waals surface area contributed by atoms with E-state index < -0.39 is 57.4 Å². The number of aromatic carboxylic acids is 1. The molecule has 12 rings (SSSR count). The summed E-state index contributed by atoms with van der Waals surface area (Å²) in [6.45, 7) is 12.0. The zero-order valence-corrected chi connectivity index (χ0v) is 61.2. The molecule has 104 heavy (non-hydrogen) atoms. The highest BCUT2D eigenvalue weighted by Crippen LogP contribution is 2.72. The largest absolute Gasteiger partial charge is 0.476 e. The Morgan fingerprint density at radius 1 is 0.817 bits per heavy atom. The second kappa shape index (κ2) is 32.0. The highest BCUT2D eigenvalue weighted by atomic mass is 32.2. The third kappa shape index (κ3) is 18.6. The van der Waals surface area contributed by atoms with Crippen molar-refractivity contribution in [1.29, 1.82) is 0 Å². The van der Waals surface area contributed by atoms with Gasteiger partial charge in [0.2, 0.25) is 5.91 Å². The van der Waals surface area contributed by atoms with E-state index in [4.69, 9.17) is 25.3 Å². The van der Waals surface area contributed by atoms with E-state index in [1.54, 1.807) is 42.6 Å². The smallest absolute Gasteiger partial charge is 0.410 e. The molecule has 6 aliphatic rings. The summed E-state index contributed by atoms with van der Waals surface area (Å²) in [6, 6.07) is 22.1. The quantitative estimate of drug-likeness (QED) is 0.0122. The van der Waals surface area contributed by atoms with Crippen molar-refractivity contribution in [2.75, 3.05) is 55.3 Å². The molecule has 0 saturated heterocycles. The Morgan fingerprint density at radius 2 is 1.55 bits per heavy atom. The maximum Gasteiger partial charge on any atom is 0.410 e. The summed E-state index contributed by atoms with van der Waals surface area (Å²) in [6.07, 6.45) is 11.3. The first-order valence-electron chi connectivity index (χ1n) is 35.8. The molecule has 3 aromatic carbocycles. The predicted octanol–water partition coefficient (Wildman–Crippen LogP) is 10.2. The molecule has 26 nitrogen and oxygen atoms in total. The number of para-hydroxylation sites is 1. The first kappa shape index (κ1) is 75.9. The molecule has 28 heteroatoms. The number of amides is 7. The van der Waals surface area contributed by atoms with Crippen LogP contribution in [0.1, 0.15) is 166 Å². The minimum Gasteiger partial charge on any atom is -0.476 e. The van der Waals surface area contributed by atoms with Crippen molar-refractivity contribution in [1.82, 2.24) is 40.2 Å². The summed E-state index contributed by atoms with van der Waals surface area (Å²) in [7, 11) is -4.36. The Kier molecular flexibility index (Phi) is 23.4. The number of carbonyl (C=O) groups is 9. The molecule has 554 valence electrons. The zero-order chi connectivity index (χ0) is 74.3. The number of carbonyl (C=O) groups excluding carboxylic acids is 8. The van der Waals surface area contributed by atoms with Crippen LogP contribution in [0.5, 0.6) is 0 Å². The topological polar surface area (TPSA) is 362 Å². The number of nitrogens with zero attached hydrogens (tertiary/aromatic N) is 7. The van der Waals surface area contributed by atoms with E-state index in [0.717, 1.165) is 64.0 Å². The number of aromatic nitrogens is 4. The van der Waals surface area contributed by atoms with Gasteiger partial charge in [-0.05, 0) is 159 Å². The number of thiazole rings is 1. The predicted molar refractivity (Wildman–Crippen MR) is 390 cm³/mol. The lowest BCUT2D eigenvalue weighted by atomic mass is 9.39. The lowest BCUT2D eigenvalue weighted by Gasteiger charge is -2.69. The number of ketones is 2. The number of benzene rings is 3. The molecule has 7 amide bonds. The summed E-state index contributed by atoms with van der Waals surface area (Å²) in [5.74, 6) is -4.17. The summed E-state index contributed by atoms with van der Waals surface area (Å²) in [4.78, 5) is 131. The maximum absolute atomic E-state index is 14.0. The van der Waals surface area contributed by atoms with Gasteiger partial charge in [0.1, 0.15) is 18.2 Å². The molecule has 0 radical (unpaired) electrons. The first-order chi connectivity index (χ1) is 49.5. The third-order valence-corrected chi connectivity index (χ3v) is 22.8. The van der Waals surface area contributed by atoms with Crippen molar-refractivity contribution in [3.8, 4) is 11.1 Å². The zero-order valence-electron chi connectivity index (χ0n) is 59.6. The lowest BCUT2D eigenvalue weighted by molar-refractivity contribution is -0.248. The lowest BCUT2D eigenvalue weighted by Crippen LogP contribution is -2.64. The van der Waals surface area contributed by atoms with Crippen molar-refractivity contribution in [2.24, 2.45) is 33.8 Å². The Labute approximate surface area is 609 Å². The fraction of sp³-hybridized carbons (Fsp3) is 0.500. The summed E-state index contributed by atoms with van der Waals surface area (Å²) in [5.41, 5.74) is 10.4. The molecule has 4 saturated carbocycles. The Balaban J connectivity index is 0.702. The van der Waals surface area contributed by atoms with Gasteiger partial charge in [0.15, 0.2) is 16.6 Å². The number of ether oxygens (including phenoxy) is 2. The second-order valence-corrected chi connectivity index (χ2v) is 32.7. The van der Waals surface area contributed by atoms with E-state index in [1.165, 1.54) is 28.4 Å². The molecule has 5 heterocycles. The number of urea groups is 1. The van der Waals surface area contributed by atoms with Crippen LogP contribution in [-0.2, 0) is 76.1 Å². The molecule has 4 atom stereocenters. The molecule has 4 bridgehead atoms. The normalized spacial score (nSPS) is 20.9. The fourth-order valence-corrected chi connectivity index (χ4v) is 18.7. The number of anilines is 2. The van der Waals surface area contributed by atoms with E-state index in [9.17, 15) is 61.2 Å². The standard InChI is InChI=1S/C76H93N11O15S2/c1-48(2)56(37-53(88)15-7-6-10-31-86-64(90)26-27-65(86)91)68(93)80-59(18-12-29-78-70(77)96)61(89)36-50-20-22-51(23-21-50)40-101-72(97)84(30-13-35-104(98,99)100)33-34-102-76-44-73(4)41-74(5,45-76)43-75(42-73,46-76)47-87-49(3)57(38-79-87)54-24-25-63(82-66(54)69(94)95)85-32-28-52-14-11-16-55(58(52)39-85)67(92)83-71-81-60-17-8-9-19-62(60)103-71/h8-9,11,14,16-17,19-27,38,48,56,59H,6-7,10,12-13,15,18,28-37,39-47H2,1-5H3,(H,80,93)(H,94,95)(H3,77,78,96)(H,81,83,92)(H,98,99,100)/t56-,59-,73?,74?,75?,76?/m0/s1. The monoisotopic (exact) mass is 1460 g/mol. The Bertz CT molecular complexity index is 4350. The first-order valence-corrected chi connectivity index (χ1v) is 38.2. The van der Waals surface area contributed by atoms with Crippen LogP contribution < -0.4 is 26.6 Å². The van der Waals surface area contributed by atoms with Gasteiger partial charge in [-0.2, -0.15) is 13.5 Å². The van der Waals surface area contributed by atoms with Crippen LogP contribution in [0.3, 0.4) is 0 Å². The molecular formula is C76H93N11O15S2. The van der Waals surface area contributed by atoms with Crippen LogP contribution in [0, 0.1) is 35.0 Å². The highest BCUT2D eigenvalue weighted by Gasteiger charge is 2.66. The third-order valence-electron chi connectivity index (χ3n) is 21.1. The van der Waals surface area contributed by atoms with Gasteiger partial charge < -0.3 is 40.7 Å². The summed E-state index contributed by atoms with van der Waals surface area (Å²) >= 11 is 1.40. The van der Waals surface area contributed by atoms with Crippen molar-refractivity contribution in [3.05, 3.63) is 136 Å². The van der Waals surface area contributed by atoms with Crippen molar-refractivity contribution >= 4 is 95.9 Å². The number of primary amides is 1. The molecule has 4 fully saturated rings. The minimum atomic E-state index is -4.36. The van der Waals surface area contributed by atoms with Crippen LogP contribution in [0.2, 0.25) is 0 Å². The SMILES string of the molecule is Cc1c(-c2ccc(N3CCc4cccc(C(=O)Nc5nc6ccccc6s5)c4C3)nc2C(=O)O)cnn1CC12CC3(C)CC(C)(C1)CC(OCCN(CCCS(=O)(=O)O)C(=O)OCc1ccc(CC(=O)[C@H](CCCNC(N)=O)NC(=O)[C@@H](CC(=O)CCCCCN4C(=O)C=CC4=O)C(C)C)cc1)(C3)C2. The van der Waals surface area contributed by atoms with E-state index in [1.807, 2.05) is 72.8 Å². The van der Waals surface area contributed by atoms with Gasteiger partial charge in [0, 0.05) is 106 Å². The average Bonchev–Trinajstić information content (AvgIpc) is 0.716. The number of fused-ring (bicyclic) bond motifs is 2. The van der Waals surface area contributed by atoms with Crippen LogP contribution in [-0.4, -0.2) is 158 Å². The number of nitrogens with one attached hydrogen (secondary N) is 3. The summed E-state index contributed by atoms with van der Waals surface area (Å²) < 4.78 is 49.3. The van der Waals surface area contributed by atoms with Crippen molar-refractivity contribution in [3.63, 3.8) is 0 Å². The number of pyridine rings is 1. The number of rotatable bonds is 35. The highest BCUT2D eigenvalue weighted by molar-refractivity contribution is 7.85. The van der Waals surface area contributed by atoms with Gasteiger partial charge >= 0.3 is 18.1 Å².